The molecule has 3 aromatic carbocycles. The standard InChI is InChI=1S/C26H24N4/c1-16(2)26-27-15-25(30-26)21-10-8-19(9-11-21)18-4-6-20(7-5-18)22-12-13-23-24(14-22)29-17(3)28-23/h4-16H,1-3H3,(H,27,30)(H,28,29). The predicted molar refractivity (Wildman–Crippen MR) is 123 cm³/mol. The smallest absolute Gasteiger partial charge is 0.109 e. The van der Waals surface area contributed by atoms with Crippen LogP contribution in [0.5, 0.6) is 0 Å². The first-order valence-electron chi connectivity index (χ1n) is 10.3. The first-order chi connectivity index (χ1) is 14.6. The molecule has 0 atom stereocenters. The number of nitrogens with one attached hydrogen (secondary N) is 2. The lowest BCUT2D eigenvalue weighted by Crippen LogP contribution is -1.89. The summed E-state index contributed by atoms with van der Waals surface area (Å²) < 4.78 is 0. The summed E-state index contributed by atoms with van der Waals surface area (Å²) in [5.74, 6) is 2.36. The largest absolute Gasteiger partial charge is 0.342 e. The Morgan fingerprint density at radius 3 is 1.87 bits per heavy atom. The summed E-state index contributed by atoms with van der Waals surface area (Å²) in [6.45, 7) is 6.27. The maximum Gasteiger partial charge on any atom is 0.109 e. The van der Waals surface area contributed by atoms with Crippen LogP contribution < -0.4 is 0 Å². The highest BCUT2D eigenvalue weighted by Gasteiger charge is 2.07. The fourth-order valence-corrected chi connectivity index (χ4v) is 3.79. The van der Waals surface area contributed by atoms with Crippen molar-refractivity contribution in [2.45, 2.75) is 26.7 Å². The van der Waals surface area contributed by atoms with Gasteiger partial charge < -0.3 is 9.97 Å². The number of aromatic amines is 2. The van der Waals surface area contributed by atoms with Gasteiger partial charge in [-0.1, -0.05) is 68.4 Å². The van der Waals surface area contributed by atoms with Crippen LogP contribution in [0.4, 0.5) is 0 Å². The third-order valence-corrected chi connectivity index (χ3v) is 5.49. The van der Waals surface area contributed by atoms with Crippen molar-refractivity contribution in [1.29, 1.82) is 0 Å². The first-order valence-corrected chi connectivity index (χ1v) is 10.3. The number of nitrogens with zero attached hydrogens (tertiary/aromatic N) is 2. The van der Waals surface area contributed by atoms with Crippen molar-refractivity contribution in [1.82, 2.24) is 19.9 Å². The Kier molecular flexibility index (Phi) is 4.47. The fraction of sp³-hybridized carbons (Fsp3) is 0.154. The van der Waals surface area contributed by atoms with Crippen LogP contribution in [0.25, 0.3) is 44.5 Å². The molecule has 0 radical (unpaired) electrons. The van der Waals surface area contributed by atoms with Crippen molar-refractivity contribution in [2.75, 3.05) is 0 Å². The van der Waals surface area contributed by atoms with Gasteiger partial charge in [0.2, 0.25) is 0 Å². The molecule has 0 fully saturated rings. The third kappa shape index (κ3) is 3.41. The van der Waals surface area contributed by atoms with Crippen molar-refractivity contribution in [3.8, 4) is 33.5 Å². The molecular formula is C26H24N4. The molecule has 0 amide bonds. The molecular weight excluding hydrogens is 368 g/mol. The van der Waals surface area contributed by atoms with E-state index in [1.54, 1.807) is 0 Å². The Hall–Kier alpha value is -3.66. The maximum atomic E-state index is 4.48. The fourth-order valence-electron chi connectivity index (χ4n) is 3.79. The van der Waals surface area contributed by atoms with Gasteiger partial charge >= 0.3 is 0 Å². The number of rotatable bonds is 4. The van der Waals surface area contributed by atoms with E-state index in [0.29, 0.717) is 5.92 Å². The van der Waals surface area contributed by atoms with Gasteiger partial charge in [0.15, 0.2) is 0 Å². The van der Waals surface area contributed by atoms with Crippen LogP contribution in [-0.2, 0) is 0 Å². The first kappa shape index (κ1) is 18.4. The zero-order valence-corrected chi connectivity index (χ0v) is 17.4. The Labute approximate surface area is 176 Å². The highest BCUT2D eigenvalue weighted by atomic mass is 14.9. The van der Waals surface area contributed by atoms with Crippen molar-refractivity contribution in [2.24, 2.45) is 0 Å². The number of hydrogen-bond donors (Lipinski definition) is 2. The third-order valence-electron chi connectivity index (χ3n) is 5.49. The van der Waals surface area contributed by atoms with E-state index in [4.69, 9.17) is 0 Å². The lowest BCUT2D eigenvalue weighted by atomic mass is 9.99. The molecule has 0 saturated heterocycles. The van der Waals surface area contributed by atoms with E-state index in [0.717, 1.165) is 33.9 Å². The number of hydrogen-bond acceptors (Lipinski definition) is 2. The molecule has 4 heteroatoms. The lowest BCUT2D eigenvalue weighted by Gasteiger charge is -2.06. The van der Waals surface area contributed by atoms with Gasteiger partial charge in [-0.05, 0) is 46.9 Å². The van der Waals surface area contributed by atoms with Crippen LogP contribution in [0, 0.1) is 6.92 Å². The van der Waals surface area contributed by atoms with Crippen LogP contribution in [0.2, 0.25) is 0 Å². The van der Waals surface area contributed by atoms with Crippen molar-refractivity contribution in [3.05, 3.63) is 84.6 Å². The molecule has 0 aliphatic heterocycles. The van der Waals surface area contributed by atoms with Gasteiger partial charge in [-0.15, -0.1) is 0 Å². The van der Waals surface area contributed by atoms with Crippen LogP contribution in [-0.4, -0.2) is 19.9 Å². The quantitative estimate of drug-likeness (QED) is 0.357. The van der Waals surface area contributed by atoms with Gasteiger partial charge in [0.05, 0.1) is 22.9 Å². The Morgan fingerprint density at radius 2 is 1.27 bits per heavy atom. The molecule has 4 nitrogen and oxygen atoms in total. The Morgan fingerprint density at radius 1 is 0.700 bits per heavy atom. The van der Waals surface area contributed by atoms with E-state index >= 15 is 0 Å². The molecule has 148 valence electrons. The number of aromatic nitrogens is 4. The molecule has 30 heavy (non-hydrogen) atoms. The molecule has 5 rings (SSSR count). The average molecular weight is 393 g/mol. The topological polar surface area (TPSA) is 57.4 Å². The summed E-state index contributed by atoms with van der Waals surface area (Å²) >= 11 is 0. The van der Waals surface area contributed by atoms with Gasteiger partial charge in [-0.3, -0.25) is 0 Å². The molecule has 5 aromatic rings. The van der Waals surface area contributed by atoms with E-state index < -0.39 is 0 Å². The van der Waals surface area contributed by atoms with E-state index in [1.807, 2.05) is 13.1 Å². The van der Waals surface area contributed by atoms with Crippen molar-refractivity contribution >= 4 is 11.0 Å². The summed E-state index contributed by atoms with van der Waals surface area (Å²) in [6.07, 6.45) is 1.91. The van der Waals surface area contributed by atoms with Crippen LogP contribution in [0.15, 0.2) is 72.9 Å². The molecule has 0 unspecified atom stereocenters. The maximum absolute atomic E-state index is 4.48. The minimum Gasteiger partial charge on any atom is -0.342 e. The Balaban J connectivity index is 1.39. The lowest BCUT2D eigenvalue weighted by molar-refractivity contribution is 0.795. The van der Waals surface area contributed by atoms with E-state index in [9.17, 15) is 0 Å². The highest BCUT2D eigenvalue weighted by Crippen LogP contribution is 2.28. The number of aryl methyl sites for hydroxylation is 1. The molecule has 2 N–H and O–H groups in total. The molecule has 0 aliphatic carbocycles. The summed E-state index contributed by atoms with van der Waals surface area (Å²) in [6, 6.07) is 23.7. The van der Waals surface area contributed by atoms with Gasteiger partial charge in [0, 0.05) is 5.92 Å². The predicted octanol–water partition coefficient (Wildman–Crippen LogP) is 6.72. The van der Waals surface area contributed by atoms with E-state index in [2.05, 4.69) is 101 Å². The second-order valence-electron chi connectivity index (χ2n) is 8.05. The van der Waals surface area contributed by atoms with Gasteiger partial charge in [0.1, 0.15) is 11.6 Å². The molecule has 0 bridgehead atoms. The van der Waals surface area contributed by atoms with E-state index in [-0.39, 0.29) is 0 Å². The summed E-state index contributed by atoms with van der Waals surface area (Å²) in [7, 11) is 0. The summed E-state index contributed by atoms with van der Waals surface area (Å²) in [5.41, 5.74) is 9.08. The summed E-state index contributed by atoms with van der Waals surface area (Å²) in [4.78, 5) is 15.7. The molecule has 2 heterocycles. The number of benzene rings is 3. The van der Waals surface area contributed by atoms with E-state index in [1.165, 1.54) is 22.3 Å². The zero-order chi connectivity index (χ0) is 20.7. The van der Waals surface area contributed by atoms with Crippen LogP contribution >= 0.6 is 0 Å². The summed E-state index contributed by atoms with van der Waals surface area (Å²) in [5, 5.41) is 0. The molecule has 2 aromatic heterocycles. The normalized spacial score (nSPS) is 11.5. The zero-order valence-electron chi connectivity index (χ0n) is 17.4. The van der Waals surface area contributed by atoms with Crippen molar-refractivity contribution < 1.29 is 0 Å². The molecule has 0 spiro atoms. The minimum absolute atomic E-state index is 0.398. The van der Waals surface area contributed by atoms with Gasteiger partial charge in [0.25, 0.3) is 0 Å². The van der Waals surface area contributed by atoms with Gasteiger partial charge in [-0.2, -0.15) is 0 Å². The Bertz CT molecular complexity index is 1310. The van der Waals surface area contributed by atoms with Crippen molar-refractivity contribution in [3.63, 3.8) is 0 Å². The molecule has 0 aliphatic rings. The number of fused-ring (bicyclic) bond motifs is 1. The number of imidazole rings is 2. The second kappa shape index (κ2) is 7.30. The highest BCUT2D eigenvalue weighted by molar-refractivity contribution is 5.82. The van der Waals surface area contributed by atoms with Crippen LogP contribution in [0.1, 0.15) is 31.4 Å². The van der Waals surface area contributed by atoms with Gasteiger partial charge in [-0.25, -0.2) is 9.97 Å². The molecule has 0 saturated carbocycles. The minimum atomic E-state index is 0.398. The van der Waals surface area contributed by atoms with Crippen LogP contribution in [0.3, 0.4) is 0 Å². The monoisotopic (exact) mass is 392 g/mol. The average Bonchev–Trinajstić information content (AvgIpc) is 3.40. The number of H-pyrrole nitrogens is 2. The second-order valence-corrected chi connectivity index (χ2v) is 8.05. The SMILES string of the molecule is Cc1nc2ccc(-c3ccc(-c4ccc(-c5cnc(C(C)C)[nH]5)cc4)cc3)cc2[nH]1.